The summed E-state index contributed by atoms with van der Waals surface area (Å²) in [5.41, 5.74) is 8.14. The van der Waals surface area contributed by atoms with Crippen molar-refractivity contribution in [3.63, 3.8) is 0 Å². The first-order chi connectivity index (χ1) is 27.0. The van der Waals surface area contributed by atoms with Gasteiger partial charge in [0.15, 0.2) is 11.6 Å². The normalized spacial score (nSPS) is 16.5. The molecule has 0 atom stereocenters. The Bertz CT molecular complexity index is 2380. The van der Waals surface area contributed by atoms with E-state index in [2.05, 4.69) is 21.6 Å². The highest BCUT2D eigenvalue weighted by molar-refractivity contribution is 7.90. The van der Waals surface area contributed by atoms with Crippen molar-refractivity contribution in [2.45, 2.75) is 97.1 Å². The van der Waals surface area contributed by atoms with Gasteiger partial charge in [0.25, 0.3) is 0 Å². The van der Waals surface area contributed by atoms with Crippen LogP contribution in [0.3, 0.4) is 0 Å². The minimum absolute atomic E-state index is 0.00211. The fraction of sp³-hybridized carbons (Fsp3) is 0.455. The average Bonchev–Trinajstić information content (AvgIpc) is 3.92. The van der Waals surface area contributed by atoms with Crippen molar-refractivity contribution in [2.75, 3.05) is 30.6 Å². The lowest BCUT2D eigenvalue weighted by atomic mass is 10.0. The molecule has 11 nitrogen and oxygen atoms in total. The molecule has 4 heterocycles. The first kappa shape index (κ1) is 43.3. The van der Waals surface area contributed by atoms with E-state index in [0.29, 0.717) is 61.0 Å². The molecule has 6 rings (SSSR count). The van der Waals surface area contributed by atoms with Crippen LogP contribution in [-0.4, -0.2) is 85.1 Å². The first-order valence-corrected chi connectivity index (χ1v) is 23.7. The van der Waals surface area contributed by atoms with Crippen LogP contribution in [0.2, 0.25) is 0 Å². The number of hydrogen-bond acceptors (Lipinski definition) is 9. The predicted octanol–water partition coefficient (Wildman–Crippen LogP) is 7.06. The average molecular weight is 812 g/mol. The van der Waals surface area contributed by atoms with Gasteiger partial charge in [-0.3, -0.25) is 14.5 Å². The van der Waals surface area contributed by atoms with E-state index in [1.54, 1.807) is 31.2 Å². The van der Waals surface area contributed by atoms with Gasteiger partial charge in [-0.2, -0.15) is 10.5 Å². The van der Waals surface area contributed by atoms with Gasteiger partial charge in [-0.25, -0.2) is 16.8 Å². The molecule has 2 fully saturated rings. The number of aryl methyl sites for hydroxylation is 2. The molecule has 13 heteroatoms. The van der Waals surface area contributed by atoms with Gasteiger partial charge < -0.3 is 9.13 Å². The Kier molecular flexibility index (Phi) is 14.2. The van der Waals surface area contributed by atoms with E-state index >= 15 is 0 Å². The van der Waals surface area contributed by atoms with E-state index in [9.17, 15) is 26.4 Å². The van der Waals surface area contributed by atoms with Gasteiger partial charge in [0, 0.05) is 81.4 Å². The van der Waals surface area contributed by atoms with Crippen LogP contribution in [0.25, 0.3) is 11.4 Å². The second kappa shape index (κ2) is 18.6. The predicted molar refractivity (Wildman–Crippen MR) is 223 cm³/mol. The molecule has 0 spiro atoms. The molecule has 0 N–H and O–H groups in total. The summed E-state index contributed by atoms with van der Waals surface area (Å²) < 4.78 is 49.6. The Morgan fingerprint density at radius 1 is 0.649 bits per heavy atom. The fourth-order valence-corrected chi connectivity index (χ4v) is 9.77. The van der Waals surface area contributed by atoms with Crippen molar-refractivity contribution < 1.29 is 26.4 Å². The molecule has 2 aliphatic rings. The molecule has 302 valence electrons. The Morgan fingerprint density at radius 2 is 1.04 bits per heavy atom. The Hall–Kier alpha value is -4.82. The van der Waals surface area contributed by atoms with Crippen LogP contribution in [0.4, 0.5) is 0 Å². The van der Waals surface area contributed by atoms with Crippen molar-refractivity contribution in [2.24, 2.45) is 0 Å². The molecule has 0 amide bonds. The Labute approximate surface area is 337 Å². The molecule has 0 radical (unpaired) electrons. The number of nitriles is 2. The maximum absolute atomic E-state index is 13.3. The summed E-state index contributed by atoms with van der Waals surface area (Å²) in [5.74, 6) is 0.504. The van der Waals surface area contributed by atoms with E-state index in [4.69, 9.17) is 10.5 Å². The van der Waals surface area contributed by atoms with Crippen LogP contribution in [-0.2, 0) is 32.5 Å². The molecule has 2 aliphatic heterocycles. The molecule has 4 aromatic rings. The molecule has 0 saturated carbocycles. The van der Waals surface area contributed by atoms with Gasteiger partial charge in [-0.1, -0.05) is 0 Å². The van der Waals surface area contributed by atoms with Crippen molar-refractivity contribution in [3.8, 4) is 23.5 Å². The number of fused-ring (bicyclic) bond motifs is 2. The lowest BCUT2D eigenvalue weighted by Crippen LogP contribution is -2.34. The maximum Gasteiger partial charge on any atom is 0.178 e. The number of carbonyl (C=O) groups excluding carboxylic acids is 2. The summed E-state index contributed by atoms with van der Waals surface area (Å²) >= 11 is 0. The summed E-state index contributed by atoms with van der Waals surface area (Å²) in [6.45, 7) is 5.89. The van der Waals surface area contributed by atoms with Gasteiger partial charge in [0.05, 0.1) is 29.8 Å². The summed E-state index contributed by atoms with van der Waals surface area (Å²) in [7, 11) is -5.94. The number of ketones is 2. The molecular formula is C44H53N5O6S2. The highest BCUT2D eigenvalue weighted by atomic mass is 32.2. The van der Waals surface area contributed by atoms with E-state index in [1.165, 1.54) is 38.2 Å². The highest BCUT2D eigenvalue weighted by Gasteiger charge is 2.40. The fourth-order valence-electron chi connectivity index (χ4n) is 8.31. The second-order valence-electron chi connectivity index (χ2n) is 15.5. The third-order valence-electron chi connectivity index (χ3n) is 11.2. The lowest BCUT2D eigenvalue weighted by molar-refractivity contribution is 0.0917. The van der Waals surface area contributed by atoms with Crippen molar-refractivity contribution in [1.82, 2.24) is 14.0 Å². The van der Waals surface area contributed by atoms with Crippen LogP contribution < -0.4 is 0 Å². The SMILES string of the molecule is CC(=O)c1cc(CCCCS(C)(=O)=O)n(-c2ccc(C#N)cc2)c1C.Cc1c(C(=O)CN2C3CCC2CC3)cc(CCCCS(C)(=O)=O)n1-c1ccc(C#N)cc1. The van der Waals surface area contributed by atoms with Gasteiger partial charge in [-0.15, -0.1) is 0 Å². The zero-order chi connectivity index (χ0) is 41.5. The Morgan fingerprint density at radius 3 is 1.40 bits per heavy atom. The summed E-state index contributed by atoms with van der Waals surface area (Å²) in [6.07, 6.45) is 11.3. The molecular weight excluding hydrogens is 759 g/mol. The smallest absolute Gasteiger partial charge is 0.178 e. The molecule has 2 aromatic carbocycles. The summed E-state index contributed by atoms with van der Waals surface area (Å²) in [6, 6.07) is 23.8. The molecule has 0 unspecified atom stereocenters. The van der Waals surface area contributed by atoms with Crippen LogP contribution in [0.1, 0.15) is 113 Å². The molecule has 2 saturated heterocycles. The van der Waals surface area contributed by atoms with Gasteiger partial charge in [-0.05, 0) is 146 Å². The van der Waals surface area contributed by atoms with Crippen LogP contribution in [0.5, 0.6) is 0 Å². The quantitative estimate of drug-likeness (QED) is 0.0852. The van der Waals surface area contributed by atoms with E-state index in [0.717, 1.165) is 52.6 Å². The minimum atomic E-state index is -2.98. The number of rotatable bonds is 16. The molecule has 2 bridgehead atoms. The molecule has 0 aliphatic carbocycles. The topological polar surface area (TPSA) is 163 Å². The zero-order valence-corrected chi connectivity index (χ0v) is 35.3. The van der Waals surface area contributed by atoms with Crippen molar-refractivity contribution in [3.05, 3.63) is 106 Å². The third kappa shape index (κ3) is 11.2. The summed E-state index contributed by atoms with van der Waals surface area (Å²) in [4.78, 5) is 27.6. The van der Waals surface area contributed by atoms with Crippen LogP contribution >= 0.6 is 0 Å². The number of aromatic nitrogens is 2. The van der Waals surface area contributed by atoms with E-state index in [1.807, 2.05) is 54.8 Å². The molecule has 57 heavy (non-hydrogen) atoms. The van der Waals surface area contributed by atoms with Crippen LogP contribution in [0.15, 0.2) is 60.7 Å². The lowest BCUT2D eigenvalue weighted by Gasteiger charge is -2.20. The van der Waals surface area contributed by atoms with Crippen LogP contribution in [0, 0.1) is 36.5 Å². The van der Waals surface area contributed by atoms with Gasteiger partial charge in [0.1, 0.15) is 19.7 Å². The maximum atomic E-state index is 13.3. The zero-order valence-electron chi connectivity index (χ0n) is 33.6. The molecule has 2 aromatic heterocycles. The van der Waals surface area contributed by atoms with Gasteiger partial charge >= 0.3 is 0 Å². The monoisotopic (exact) mass is 811 g/mol. The first-order valence-electron chi connectivity index (χ1n) is 19.6. The third-order valence-corrected chi connectivity index (χ3v) is 13.2. The number of sulfone groups is 2. The second-order valence-corrected chi connectivity index (χ2v) is 20.1. The number of unbranched alkanes of at least 4 members (excludes halogenated alkanes) is 2. The standard InChI is InChI=1S/C25H31N3O3S.C19H22N2O3S/c1-18-24(25(29)17-27-20-10-11-21(27)13-12-20)15-23(5-3-4-14-32(2,30)31)28(18)22-8-6-19(16-26)7-9-22;1-14-19(15(2)22)12-18(6-4-5-11-25(3,23)24)21(14)17-9-7-16(13-20)8-10-17/h6-9,15,20-21H,3-5,10-14,17H2,1-2H3;7-10,12H,4-6,11H2,1-3H3. The van der Waals surface area contributed by atoms with E-state index in [-0.39, 0.29) is 23.1 Å². The van der Waals surface area contributed by atoms with Crippen molar-refractivity contribution in [1.29, 1.82) is 10.5 Å². The van der Waals surface area contributed by atoms with Gasteiger partial charge in [0.2, 0.25) is 0 Å². The van der Waals surface area contributed by atoms with Crippen molar-refractivity contribution >= 4 is 31.2 Å². The minimum Gasteiger partial charge on any atom is -0.317 e. The van der Waals surface area contributed by atoms with E-state index < -0.39 is 19.7 Å². The number of nitrogens with zero attached hydrogens (tertiary/aromatic N) is 5. The Balaban J connectivity index is 0.000000225. The number of benzene rings is 2. The largest absolute Gasteiger partial charge is 0.317 e. The number of carbonyl (C=O) groups is 2. The number of hydrogen-bond donors (Lipinski definition) is 0. The number of Topliss-reactive ketones (excluding diaryl/α,β-unsaturated/α-hetero) is 2. The highest BCUT2D eigenvalue weighted by Crippen LogP contribution is 2.37. The summed E-state index contributed by atoms with van der Waals surface area (Å²) in [5, 5.41) is 18.1.